The van der Waals surface area contributed by atoms with Gasteiger partial charge in [-0.25, -0.2) is 9.78 Å². The molecule has 0 spiro atoms. The molecule has 0 aliphatic rings. The third-order valence-electron chi connectivity index (χ3n) is 2.66. The number of aromatic nitrogens is 1. The zero-order valence-corrected chi connectivity index (χ0v) is 13.1. The van der Waals surface area contributed by atoms with Crippen molar-refractivity contribution in [3.05, 3.63) is 57.8 Å². The van der Waals surface area contributed by atoms with Crippen LogP contribution >= 0.6 is 23.2 Å². The van der Waals surface area contributed by atoms with E-state index in [9.17, 15) is 9.59 Å². The number of hydrogen-bond donors (Lipinski definition) is 1. The smallest absolute Gasteiger partial charge is 0.357 e. The van der Waals surface area contributed by atoms with E-state index in [0.717, 1.165) is 5.56 Å². The number of amides is 1. The summed E-state index contributed by atoms with van der Waals surface area (Å²) in [4.78, 5) is 27.3. The molecular weight excluding hydrogens is 327 g/mol. The van der Waals surface area contributed by atoms with Crippen LogP contribution in [0.5, 0.6) is 0 Å². The van der Waals surface area contributed by atoms with Crippen LogP contribution in [0.15, 0.2) is 36.5 Å². The summed E-state index contributed by atoms with van der Waals surface area (Å²) in [5.74, 6) is -1.23. The van der Waals surface area contributed by atoms with E-state index in [4.69, 9.17) is 27.9 Å². The Balaban J connectivity index is 1.91. The average Bonchev–Trinajstić information content (AvgIpc) is 2.47. The number of ether oxygens (including phenoxy) is 1. The molecule has 0 aliphatic heterocycles. The van der Waals surface area contributed by atoms with Gasteiger partial charge in [-0.1, -0.05) is 29.3 Å². The lowest BCUT2D eigenvalue weighted by atomic mass is 10.2. The molecule has 0 unspecified atom stereocenters. The third kappa shape index (κ3) is 4.44. The van der Waals surface area contributed by atoms with E-state index >= 15 is 0 Å². The number of anilines is 1. The van der Waals surface area contributed by atoms with E-state index in [1.807, 2.05) is 13.0 Å². The Morgan fingerprint density at radius 2 is 2.00 bits per heavy atom. The fourth-order valence-electron chi connectivity index (χ4n) is 1.63. The molecule has 1 heterocycles. The van der Waals surface area contributed by atoms with Gasteiger partial charge in [0.25, 0.3) is 5.91 Å². The molecule has 1 amide bonds. The zero-order valence-electron chi connectivity index (χ0n) is 11.6. The number of nitrogens with zero attached hydrogens (tertiary/aromatic N) is 1. The molecule has 7 heteroatoms. The molecule has 0 aliphatic carbocycles. The molecule has 0 bridgehead atoms. The molecule has 1 N–H and O–H groups in total. The van der Waals surface area contributed by atoms with Gasteiger partial charge in [-0.2, -0.15) is 0 Å². The Hall–Kier alpha value is -2.11. The molecule has 1 aromatic carbocycles. The number of halogens is 2. The number of rotatable bonds is 4. The predicted octanol–water partition coefficient (Wildman–Crippen LogP) is 3.49. The zero-order chi connectivity index (χ0) is 16.1. The van der Waals surface area contributed by atoms with Gasteiger partial charge in [-0.15, -0.1) is 0 Å². The van der Waals surface area contributed by atoms with Crippen LogP contribution in [0, 0.1) is 6.92 Å². The van der Waals surface area contributed by atoms with Gasteiger partial charge in [0, 0.05) is 11.2 Å². The van der Waals surface area contributed by atoms with Gasteiger partial charge in [0.05, 0.1) is 10.7 Å². The lowest BCUT2D eigenvalue weighted by Crippen LogP contribution is -2.21. The molecule has 22 heavy (non-hydrogen) atoms. The van der Waals surface area contributed by atoms with E-state index in [-0.39, 0.29) is 5.69 Å². The Morgan fingerprint density at radius 3 is 2.68 bits per heavy atom. The highest BCUT2D eigenvalue weighted by atomic mass is 35.5. The molecule has 5 nitrogen and oxygen atoms in total. The van der Waals surface area contributed by atoms with Crippen LogP contribution in [0.1, 0.15) is 16.1 Å². The van der Waals surface area contributed by atoms with Gasteiger partial charge in [0.1, 0.15) is 5.69 Å². The molecule has 0 saturated carbocycles. The van der Waals surface area contributed by atoms with E-state index in [1.54, 1.807) is 12.1 Å². The van der Waals surface area contributed by atoms with Crippen molar-refractivity contribution in [2.75, 3.05) is 11.9 Å². The van der Waals surface area contributed by atoms with Crippen LogP contribution in [-0.4, -0.2) is 23.5 Å². The van der Waals surface area contributed by atoms with Crippen LogP contribution in [-0.2, 0) is 9.53 Å². The summed E-state index contributed by atoms with van der Waals surface area (Å²) in [6.07, 6.45) is 1.38. The largest absolute Gasteiger partial charge is 0.451 e. The van der Waals surface area contributed by atoms with Crippen molar-refractivity contribution in [3.63, 3.8) is 0 Å². The van der Waals surface area contributed by atoms with E-state index in [0.29, 0.717) is 15.7 Å². The molecule has 0 fully saturated rings. The van der Waals surface area contributed by atoms with Crippen molar-refractivity contribution in [1.29, 1.82) is 0 Å². The monoisotopic (exact) mass is 338 g/mol. The first kappa shape index (κ1) is 16.3. The molecule has 0 radical (unpaired) electrons. The molecular formula is C15H12Cl2N2O3. The highest BCUT2D eigenvalue weighted by molar-refractivity contribution is 6.33. The number of carbonyl (C=O) groups is 2. The van der Waals surface area contributed by atoms with Gasteiger partial charge < -0.3 is 10.1 Å². The first-order chi connectivity index (χ1) is 10.5. The standard InChI is InChI=1S/C15H12Cl2N2O3/c1-9-2-3-12(11(17)6-9)19-14(20)8-22-15(21)13-7-10(16)4-5-18-13/h2-7H,8H2,1H3,(H,19,20). The molecule has 0 atom stereocenters. The summed E-state index contributed by atoms with van der Waals surface area (Å²) in [6, 6.07) is 8.10. The summed E-state index contributed by atoms with van der Waals surface area (Å²) in [5, 5.41) is 3.33. The van der Waals surface area contributed by atoms with Gasteiger partial charge >= 0.3 is 5.97 Å². The van der Waals surface area contributed by atoms with Crippen molar-refractivity contribution < 1.29 is 14.3 Å². The Morgan fingerprint density at radius 1 is 1.23 bits per heavy atom. The predicted molar refractivity (Wildman–Crippen MR) is 84.3 cm³/mol. The van der Waals surface area contributed by atoms with E-state index < -0.39 is 18.5 Å². The molecule has 0 saturated heterocycles. The first-order valence-electron chi connectivity index (χ1n) is 6.30. The first-order valence-corrected chi connectivity index (χ1v) is 7.06. The van der Waals surface area contributed by atoms with Crippen LogP contribution in [0.25, 0.3) is 0 Å². The maximum Gasteiger partial charge on any atom is 0.357 e. The van der Waals surface area contributed by atoms with E-state index in [1.165, 1.54) is 18.3 Å². The second-order valence-electron chi connectivity index (χ2n) is 4.47. The summed E-state index contributed by atoms with van der Waals surface area (Å²) < 4.78 is 4.87. The lowest BCUT2D eigenvalue weighted by molar-refractivity contribution is -0.119. The van der Waals surface area contributed by atoms with E-state index in [2.05, 4.69) is 10.3 Å². The maximum absolute atomic E-state index is 11.8. The summed E-state index contributed by atoms with van der Waals surface area (Å²) >= 11 is 11.7. The quantitative estimate of drug-likeness (QED) is 0.866. The molecule has 114 valence electrons. The van der Waals surface area contributed by atoms with Crippen LogP contribution in [0.4, 0.5) is 5.69 Å². The normalized spacial score (nSPS) is 10.1. The van der Waals surface area contributed by atoms with Gasteiger partial charge in [-0.05, 0) is 36.8 Å². The summed E-state index contributed by atoms with van der Waals surface area (Å²) in [6.45, 7) is 1.44. The maximum atomic E-state index is 11.8. The number of nitrogens with one attached hydrogen (secondary N) is 1. The van der Waals surface area contributed by atoms with Crippen molar-refractivity contribution in [1.82, 2.24) is 4.98 Å². The second-order valence-corrected chi connectivity index (χ2v) is 5.31. The number of aryl methyl sites for hydroxylation is 1. The second kappa shape index (κ2) is 7.24. The highest BCUT2D eigenvalue weighted by Gasteiger charge is 2.13. The van der Waals surface area contributed by atoms with Crippen LogP contribution in [0.3, 0.4) is 0 Å². The van der Waals surface area contributed by atoms with Crippen molar-refractivity contribution >= 4 is 40.8 Å². The molecule has 2 aromatic rings. The fraction of sp³-hybridized carbons (Fsp3) is 0.133. The van der Waals surface area contributed by atoms with Gasteiger partial charge in [0.2, 0.25) is 0 Å². The minimum Gasteiger partial charge on any atom is -0.451 e. The lowest BCUT2D eigenvalue weighted by Gasteiger charge is -2.08. The molecule has 2 rings (SSSR count). The number of hydrogen-bond acceptors (Lipinski definition) is 4. The van der Waals surface area contributed by atoms with Gasteiger partial charge in [-0.3, -0.25) is 4.79 Å². The number of pyridine rings is 1. The topological polar surface area (TPSA) is 68.3 Å². The number of benzene rings is 1. The number of carbonyl (C=O) groups excluding carboxylic acids is 2. The average molecular weight is 339 g/mol. The van der Waals surface area contributed by atoms with Gasteiger partial charge in [0.15, 0.2) is 6.61 Å². The molecule has 1 aromatic heterocycles. The van der Waals surface area contributed by atoms with Crippen molar-refractivity contribution in [3.8, 4) is 0 Å². The third-order valence-corrected chi connectivity index (χ3v) is 3.21. The van der Waals surface area contributed by atoms with Crippen molar-refractivity contribution in [2.45, 2.75) is 6.92 Å². The van der Waals surface area contributed by atoms with Crippen molar-refractivity contribution in [2.24, 2.45) is 0 Å². The highest BCUT2D eigenvalue weighted by Crippen LogP contribution is 2.22. The fourth-order valence-corrected chi connectivity index (χ4v) is 2.07. The Kier molecular flexibility index (Phi) is 5.35. The minimum atomic E-state index is -0.729. The SMILES string of the molecule is Cc1ccc(NC(=O)COC(=O)c2cc(Cl)ccn2)c(Cl)c1. The summed E-state index contributed by atoms with van der Waals surface area (Å²) in [5.41, 5.74) is 1.46. The minimum absolute atomic E-state index is 0.0358. The van der Waals surface area contributed by atoms with Crippen LogP contribution in [0.2, 0.25) is 10.0 Å². The van der Waals surface area contributed by atoms with Crippen LogP contribution < -0.4 is 5.32 Å². The summed E-state index contributed by atoms with van der Waals surface area (Å²) in [7, 11) is 0. The Labute approximate surface area is 137 Å². The Bertz CT molecular complexity index is 720. The number of esters is 1.